The predicted octanol–water partition coefficient (Wildman–Crippen LogP) is -0.141. The van der Waals surface area contributed by atoms with Gasteiger partial charge in [-0.25, -0.2) is 0 Å². The average molecular weight is 141 g/mol. The van der Waals surface area contributed by atoms with Crippen molar-refractivity contribution in [3.8, 4) is 0 Å². The summed E-state index contributed by atoms with van der Waals surface area (Å²) in [5, 5.41) is 0. The third-order valence-corrected chi connectivity index (χ3v) is 1.51. The lowest BCUT2D eigenvalue weighted by Crippen LogP contribution is -2.28. The Morgan fingerprint density at radius 2 is 2.60 bits per heavy atom. The van der Waals surface area contributed by atoms with Crippen LogP contribution in [-0.4, -0.2) is 25.5 Å². The molecule has 0 saturated carbocycles. The molecule has 0 radical (unpaired) electrons. The molecule has 56 valence electrons. The van der Waals surface area contributed by atoms with Crippen molar-refractivity contribution in [1.82, 2.24) is 0 Å². The van der Waals surface area contributed by atoms with Crippen molar-refractivity contribution in [3.63, 3.8) is 0 Å². The summed E-state index contributed by atoms with van der Waals surface area (Å²) in [5.74, 6) is 0. The lowest BCUT2D eigenvalue weighted by atomic mass is 10.1. The Kier molecular flexibility index (Phi) is 2.59. The standard InChI is InChI=1S/C7H11NO2/c8-7(4-9)6-2-1-3-10-5-6/h2,4,7H,1,3,5,8H2. The van der Waals surface area contributed by atoms with E-state index in [9.17, 15) is 4.79 Å². The maximum Gasteiger partial charge on any atom is 0.140 e. The van der Waals surface area contributed by atoms with Crippen LogP contribution in [0.1, 0.15) is 6.42 Å². The number of aldehydes is 1. The normalized spacial score (nSPS) is 21.5. The van der Waals surface area contributed by atoms with Gasteiger partial charge in [0.15, 0.2) is 0 Å². The van der Waals surface area contributed by atoms with Crippen molar-refractivity contribution in [2.45, 2.75) is 12.5 Å². The van der Waals surface area contributed by atoms with Crippen LogP contribution in [0.4, 0.5) is 0 Å². The number of ether oxygens (including phenoxy) is 1. The Labute approximate surface area is 59.8 Å². The van der Waals surface area contributed by atoms with E-state index < -0.39 is 6.04 Å². The summed E-state index contributed by atoms with van der Waals surface area (Å²) in [6.07, 6.45) is 3.58. The van der Waals surface area contributed by atoms with Crippen molar-refractivity contribution >= 4 is 6.29 Å². The average Bonchev–Trinajstić information content (AvgIpc) is 2.05. The third-order valence-electron chi connectivity index (χ3n) is 1.51. The van der Waals surface area contributed by atoms with Gasteiger partial charge in [-0.2, -0.15) is 0 Å². The fraction of sp³-hybridized carbons (Fsp3) is 0.571. The smallest absolute Gasteiger partial charge is 0.140 e. The van der Waals surface area contributed by atoms with E-state index in [0.29, 0.717) is 6.61 Å². The van der Waals surface area contributed by atoms with Crippen LogP contribution >= 0.6 is 0 Å². The van der Waals surface area contributed by atoms with E-state index in [2.05, 4.69) is 0 Å². The molecule has 0 saturated heterocycles. The van der Waals surface area contributed by atoms with Crippen LogP contribution in [0.2, 0.25) is 0 Å². The first kappa shape index (κ1) is 7.44. The number of nitrogens with two attached hydrogens (primary N) is 1. The predicted molar refractivity (Wildman–Crippen MR) is 37.6 cm³/mol. The molecule has 3 heteroatoms. The third kappa shape index (κ3) is 1.65. The van der Waals surface area contributed by atoms with Gasteiger partial charge in [-0.05, 0) is 12.0 Å². The molecule has 1 aliphatic heterocycles. The van der Waals surface area contributed by atoms with E-state index >= 15 is 0 Å². The summed E-state index contributed by atoms with van der Waals surface area (Å²) in [7, 11) is 0. The van der Waals surface area contributed by atoms with Gasteiger partial charge >= 0.3 is 0 Å². The first-order chi connectivity index (χ1) is 4.84. The van der Waals surface area contributed by atoms with E-state index in [0.717, 1.165) is 24.9 Å². The van der Waals surface area contributed by atoms with Crippen LogP contribution in [-0.2, 0) is 9.53 Å². The minimum Gasteiger partial charge on any atom is -0.377 e. The Balaban J connectivity index is 2.52. The SMILES string of the molecule is NC(C=O)C1=CCCOC1. The summed E-state index contributed by atoms with van der Waals surface area (Å²) in [5.41, 5.74) is 6.34. The van der Waals surface area contributed by atoms with Crippen molar-refractivity contribution in [2.75, 3.05) is 13.2 Å². The van der Waals surface area contributed by atoms with Gasteiger partial charge < -0.3 is 15.3 Å². The number of rotatable bonds is 2. The highest BCUT2D eigenvalue weighted by Gasteiger charge is 2.10. The number of hydrogen-bond donors (Lipinski definition) is 1. The summed E-state index contributed by atoms with van der Waals surface area (Å²) in [6.45, 7) is 1.26. The van der Waals surface area contributed by atoms with E-state index in [1.54, 1.807) is 0 Å². The molecule has 0 aromatic carbocycles. The fourth-order valence-electron chi connectivity index (χ4n) is 0.896. The van der Waals surface area contributed by atoms with Crippen LogP contribution < -0.4 is 5.73 Å². The highest BCUT2D eigenvalue weighted by atomic mass is 16.5. The second-order valence-electron chi connectivity index (χ2n) is 2.28. The van der Waals surface area contributed by atoms with Gasteiger partial charge in [-0.1, -0.05) is 6.08 Å². The topological polar surface area (TPSA) is 52.3 Å². The summed E-state index contributed by atoms with van der Waals surface area (Å²) in [6, 6.07) is -0.458. The number of hydrogen-bond acceptors (Lipinski definition) is 3. The minimum atomic E-state index is -0.458. The quantitative estimate of drug-likeness (QED) is 0.430. The molecule has 0 fully saturated rings. The van der Waals surface area contributed by atoms with Crippen molar-refractivity contribution in [3.05, 3.63) is 11.6 Å². The Bertz CT molecular complexity index is 154. The van der Waals surface area contributed by atoms with E-state index in [-0.39, 0.29) is 0 Å². The first-order valence-electron chi connectivity index (χ1n) is 3.32. The van der Waals surface area contributed by atoms with Crippen LogP contribution in [0.5, 0.6) is 0 Å². The second-order valence-corrected chi connectivity index (χ2v) is 2.28. The van der Waals surface area contributed by atoms with E-state index in [1.807, 2.05) is 6.08 Å². The molecule has 10 heavy (non-hydrogen) atoms. The van der Waals surface area contributed by atoms with Crippen LogP contribution in [0.25, 0.3) is 0 Å². The lowest BCUT2D eigenvalue weighted by Gasteiger charge is -2.15. The van der Waals surface area contributed by atoms with Gasteiger partial charge in [0.1, 0.15) is 6.29 Å². The molecule has 3 nitrogen and oxygen atoms in total. The van der Waals surface area contributed by atoms with Crippen molar-refractivity contribution < 1.29 is 9.53 Å². The summed E-state index contributed by atoms with van der Waals surface area (Å²) < 4.78 is 5.10. The molecule has 0 aromatic rings. The zero-order valence-corrected chi connectivity index (χ0v) is 5.75. The van der Waals surface area contributed by atoms with Gasteiger partial charge in [-0.3, -0.25) is 0 Å². The highest BCUT2D eigenvalue weighted by Crippen LogP contribution is 2.06. The van der Waals surface area contributed by atoms with Gasteiger partial charge in [0.25, 0.3) is 0 Å². The monoisotopic (exact) mass is 141 g/mol. The Hall–Kier alpha value is -0.670. The van der Waals surface area contributed by atoms with E-state index in [1.165, 1.54) is 0 Å². The maximum atomic E-state index is 10.2. The van der Waals surface area contributed by atoms with Crippen molar-refractivity contribution in [2.24, 2.45) is 5.73 Å². The Morgan fingerprint density at radius 3 is 3.10 bits per heavy atom. The minimum absolute atomic E-state index is 0.458. The largest absolute Gasteiger partial charge is 0.377 e. The highest BCUT2D eigenvalue weighted by molar-refractivity contribution is 5.63. The lowest BCUT2D eigenvalue weighted by molar-refractivity contribution is -0.108. The van der Waals surface area contributed by atoms with Gasteiger partial charge in [-0.15, -0.1) is 0 Å². The molecule has 0 aromatic heterocycles. The molecule has 2 N–H and O–H groups in total. The molecule has 1 atom stereocenters. The molecule has 1 unspecified atom stereocenters. The molecule has 1 heterocycles. The first-order valence-corrected chi connectivity index (χ1v) is 3.32. The van der Waals surface area contributed by atoms with Crippen LogP contribution in [0.15, 0.2) is 11.6 Å². The maximum absolute atomic E-state index is 10.2. The molecule has 0 aliphatic carbocycles. The van der Waals surface area contributed by atoms with Gasteiger partial charge in [0.05, 0.1) is 19.3 Å². The fourth-order valence-corrected chi connectivity index (χ4v) is 0.896. The van der Waals surface area contributed by atoms with Crippen LogP contribution in [0, 0.1) is 0 Å². The summed E-state index contributed by atoms with van der Waals surface area (Å²) in [4.78, 5) is 10.2. The van der Waals surface area contributed by atoms with Crippen LogP contribution in [0.3, 0.4) is 0 Å². The molecular formula is C7H11NO2. The zero-order chi connectivity index (χ0) is 7.40. The molecule has 1 aliphatic rings. The second kappa shape index (κ2) is 3.49. The van der Waals surface area contributed by atoms with Gasteiger partial charge in [0, 0.05) is 0 Å². The number of carbonyl (C=O) groups is 1. The molecule has 1 rings (SSSR count). The molecular weight excluding hydrogens is 130 g/mol. The van der Waals surface area contributed by atoms with Gasteiger partial charge in [0.2, 0.25) is 0 Å². The molecule has 0 bridgehead atoms. The number of carbonyl (C=O) groups excluding carboxylic acids is 1. The van der Waals surface area contributed by atoms with E-state index in [4.69, 9.17) is 10.5 Å². The molecule has 0 spiro atoms. The zero-order valence-electron chi connectivity index (χ0n) is 5.75. The van der Waals surface area contributed by atoms with Crippen molar-refractivity contribution in [1.29, 1.82) is 0 Å². The summed E-state index contributed by atoms with van der Waals surface area (Å²) >= 11 is 0. The Morgan fingerprint density at radius 1 is 1.80 bits per heavy atom. The molecule has 0 amide bonds.